The second-order valence-corrected chi connectivity index (χ2v) is 6.78. The van der Waals surface area contributed by atoms with E-state index in [0.717, 1.165) is 4.88 Å². The topological polar surface area (TPSA) is 95.5 Å². The van der Waals surface area contributed by atoms with Crippen molar-refractivity contribution in [3.63, 3.8) is 0 Å². The number of hydrogen-bond acceptors (Lipinski definition) is 4. The Morgan fingerprint density at radius 1 is 1.36 bits per heavy atom. The number of nitrogens with one attached hydrogen (secondary N) is 2. The molecular weight excluding hydrogens is 304 g/mol. The van der Waals surface area contributed by atoms with Crippen LogP contribution in [-0.2, 0) is 14.4 Å². The van der Waals surface area contributed by atoms with E-state index in [1.807, 2.05) is 17.5 Å². The van der Waals surface area contributed by atoms with Crippen molar-refractivity contribution in [1.82, 2.24) is 10.6 Å². The Balaban J connectivity index is 2.63. The molecule has 2 amide bonds. The summed E-state index contributed by atoms with van der Waals surface area (Å²) in [6, 6.07) is 3.37. The highest BCUT2D eigenvalue weighted by Gasteiger charge is 2.24. The molecule has 1 rings (SSSR count). The molecule has 0 saturated carbocycles. The Morgan fingerprint density at radius 3 is 2.55 bits per heavy atom. The molecule has 0 bridgehead atoms. The first-order valence-electron chi connectivity index (χ1n) is 7.03. The van der Waals surface area contributed by atoms with Crippen LogP contribution in [-0.4, -0.2) is 28.4 Å². The lowest BCUT2D eigenvalue weighted by atomic mass is 9.97. The lowest BCUT2D eigenvalue weighted by Gasteiger charge is -2.27. The quantitative estimate of drug-likeness (QED) is 0.681. The molecule has 0 radical (unpaired) electrons. The van der Waals surface area contributed by atoms with Crippen molar-refractivity contribution < 1.29 is 19.5 Å². The molecule has 1 atom stereocenters. The number of hydrogen-bond donors (Lipinski definition) is 3. The van der Waals surface area contributed by atoms with Crippen molar-refractivity contribution >= 4 is 29.1 Å². The van der Waals surface area contributed by atoms with Crippen LogP contribution >= 0.6 is 11.3 Å². The Labute approximate surface area is 133 Å². The van der Waals surface area contributed by atoms with Gasteiger partial charge < -0.3 is 15.7 Å². The van der Waals surface area contributed by atoms with E-state index in [9.17, 15) is 14.4 Å². The molecule has 0 fully saturated rings. The standard InChI is InChI=1S/C15H22N2O4S/c1-10(18)16-11(12-5-4-8-22-12)9-13(19)17-15(2,3)7-6-14(20)21/h4-5,8,11H,6-7,9H2,1-3H3,(H,16,18)(H,17,19)(H,20,21). The van der Waals surface area contributed by atoms with Gasteiger partial charge in [0.25, 0.3) is 0 Å². The van der Waals surface area contributed by atoms with Gasteiger partial charge in [0.2, 0.25) is 11.8 Å². The summed E-state index contributed by atoms with van der Waals surface area (Å²) in [5, 5.41) is 16.2. The molecule has 1 heterocycles. The lowest BCUT2D eigenvalue weighted by molar-refractivity contribution is -0.138. The van der Waals surface area contributed by atoms with Gasteiger partial charge >= 0.3 is 5.97 Å². The van der Waals surface area contributed by atoms with Crippen LogP contribution in [0.2, 0.25) is 0 Å². The van der Waals surface area contributed by atoms with Gasteiger partial charge in [-0.1, -0.05) is 6.07 Å². The van der Waals surface area contributed by atoms with E-state index in [2.05, 4.69) is 10.6 Å². The zero-order valence-electron chi connectivity index (χ0n) is 13.0. The number of rotatable bonds is 8. The summed E-state index contributed by atoms with van der Waals surface area (Å²) in [4.78, 5) is 35.0. The van der Waals surface area contributed by atoms with Crippen LogP contribution in [0.5, 0.6) is 0 Å². The molecule has 1 aromatic heterocycles. The van der Waals surface area contributed by atoms with Crippen LogP contribution in [0.1, 0.15) is 51.0 Å². The van der Waals surface area contributed by atoms with Gasteiger partial charge in [0.1, 0.15) is 0 Å². The average molecular weight is 326 g/mol. The number of aliphatic carboxylic acids is 1. The summed E-state index contributed by atoms with van der Waals surface area (Å²) >= 11 is 1.47. The largest absolute Gasteiger partial charge is 0.481 e. The smallest absolute Gasteiger partial charge is 0.303 e. The number of amides is 2. The molecule has 22 heavy (non-hydrogen) atoms. The molecule has 1 aromatic rings. The average Bonchev–Trinajstić information content (AvgIpc) is 2.88. The first-order valence-corrected chi connectivity index (χ1v) is 7.91. The molecule has 6 nitrogen and oxygen atoms in total. The maximum atomic E-state index is 12.2. The monoisotopic (exact) mass is 326 g/mol. The van der Waals surface area contributed by atoms with E-state index in [0.29, 0.717) is 6.42 Å². The summed E-state index contributed by atoms with van der Waals surface area (Å²) in [5.74, 6) is -1.31. The summed E-state index contributed by atoms with van der Waals surface area (Å²) < 4.78 is 0. The minimum Gasteiger partial charge on any atom is -0.481 e. The van der Waals surface area contributed by atoms with Crippen LogP contribution < -0.4 is 10.6 Å². The number of carboxylic acids is 1. The Bertz CT molecular complexity index is 526. The molecule has 7 heteroatoms. The SMILES string of the molecule is CC(=O)NC(CC(=O)NC(C)(C)CCC(=O)O)c1cccs1. The minimum absolute atomic E-state index is 0.00662. The predicted molar refractivity (Wildman–Crippen MR) is 84.6 cm³/mol. The van der Waals surface area contributed by atoms with Gasteiger partial charge in [0.15, 0.2) is 0 Å². The lowest BCUT2D eigenvalue weighted by Crippen LogP contribution is -2.45. The van der Waals surface area contributed by atoms with Gasteiger partial charge in [-0.25, -0.2) is 0 Å². The highest BCUT2D eigenvalue weighted by atomic mass is 32.1. The van der Waals surface area contributed by atoms with Gasteiger partial charge in [-0.15, -0.1) is 11.3 Å². The molecule has 0 aliphatic carbocycles. The van der Waals surface area contributed by atoms with Crippen molar-refractivity contribution in [3.05, 3.63) is 22.4 Å². The van der Waals surface area contributed by atoms with Crippen molar-refractivity contribution in [3.8, 4) is 0 Å². The third-order valence-corrected chi connectivity index (χ3v) is 4.08. The number of thiophene rings is 1. The molecule has 0 aliphatic heterocycles. The van der Waals surface area contributed by atoms with Crippen molar-refractivity contribution in [2.45, 2.75) is 51.6 Å². The first kappa shape index (κ1) is 18.2. The van der Waals surface area contributed by atoms with Gasteiger partial charge in [0, 0.05) is 23.8 Å². The summed E-state index contributed by atoms with van der Waals surface area (Å²) in [7, 11) is 0. The number of carbonyl (C=O) groups excluding carboxylic acids is 2. The number of carboxylic acid groups (broad SMARTS) is 1. The molecule has 122 valence electrons. The fraction of sp³-hybridized carbons (Fsp3) is 0.533. The van der Waals surface area contributed by atoms with Crippen LogP contribution in [0.3, 0.4) is 0 Å². The third-order valence-electron chi connectivity index (χ3n) is 3.10. The van der Waals surface area contributed by atoms with E-state index in [1.54, 1.807) is 13.8 Å². The zero-order valence-corrected chi connectivity index (χ0v) is 13.8. The molecule has 0 aliphatic rings. The summed E-state index contributed by atoms with van der Waals surface area (Å²) in [6.07, 6.45) is 0.460. The highest BCUT2D eigenvalue weighted by molar-refractivity contribution is 7.10. The van der Waals surface area contributed by atoms with Gasteiger partial charge in [-0.2, -0.15) is 0 Å². The fourth-order valence-corrected chi connectivity index (χ4v) is 2.83. The van der Waals surface area contributed by atoms with E-state index in [4.69, 9.17) is 5.11 Å². The first-order chi connectivity index (χ1) is 10.2. The van der Waals surface area contributed by atoms with E-state index >= 15 is 0 Å². The second-order valence-electron chi connectivity index (χ2n) is 5.80. The third kappa shape index (κ3) is 6.71. The normalized spacial score (nSPS) is 12.5. The Morgan fingerprint density at radius 2 is 2.05 bits per heavy atom. The van der Waals surface area contributed by atoms with Crippen molar-refractivity contribution in [2.24, 2.45) is 0 Å². The zero-order chi connectivity index (χ0) is 16.8. The summed E-state index contributed by atoms with van der Waals surface area (Å²) in [6.45, 7) is 4.98. The molecule has 1 unspecified atom stereocenters. The van der Waals surface area contributed by atoms with Gasteiger partial charge in [-0.3, -0.25) is 14.4 Å². The highest BCUT2D eigenvalue weighted by Crippen LogP contribution is 2.22. The van der Waals surface area contributed by atoms with E-state index < -0.39 is 11.5 Å². The maximum Gasteiger partial charge on any atom is 0.303 e. The van der Waals surface area contributed by atoms with Crippen molar-refractivity contribution in [2.75, 3.05) is 0 Å². The number of carbonyl (C=O) groups is 3. The molecule has 0 aromatic carbocycles. The molecular formula is C15H22N2O4S. The maximum absolute atomic E-state index is 12.2. The van der Waals surface area contributed by atoms with E-state index in [-0.39, 0.29) is 30.7 Å². The van der Waals surface area contributed by atoms with Crippen molar-refractivity contribution in [1.29, 1.82) is 0 Å². The molecule has 0 spiro atoms. The van der Waals surface area contributed by atoms with Crippen LogP contribution in [0.15, 0.2) is 17.5 Å². The minimum atomic E-state index is -0.892. The predicted octanol–water partition coefficient (Wildman–Crippen LogP) is 2.07. The van der Waals surface area contributed by atoms with Crippen LogP contribution in [0, 0.1) is 0 Å². The van der Waals surface area contributed by atoms with Gasteiger partial charge in [0.05, 0.1) is 12.5 Å². The Hall–Kier alpha value is -1.89. The van der Waals surface area contributed by atoms with E-state index in [1.165, 1.54) is 18.3 Å². The summed E-state index contributed by atoms with van der Waals surface area (Å²) in [5.41, 5.74) is -0.605. The molecule has 3 N–H and O–H groups in total. The second kappa shape index (κ2) is 7.93. The Kier molecular flexibility index (Phi) is 6.55. The van der Waals surface area contributed by atoms with Gasteiger partial charge in [-0.05, 0) is 31.7 Å². The van der Waals surface area contributed by atoms with Crippen LogP contribution in [0.4, 0.5) is 0 Å². The molecule has 0 saturated heterocycles. The van der Waals surface area contributed by atoms with Crippen LogP contribution in [0.25, 0.3) is 0 Å². The fourth-order valence-electron chi connectivity index (χ4n) is 2.05.